The standard InChI is InChI=1S/C26H23ClN2O3/c1-3-15-32-25-22(27)16-19(17-23(25)31-4-2)18-28-29-26(30)24(20-11-7-5-8-12-20)21-13-9-6-10-14-21/h1,5-14,16-18,24H,4,15H2,2H3,(H,29,30)/b28-18-. The summed E-state index contributed by atoms with van der Waals surface area (Å²) >= 11 is 6.34. The van der Waals surface area contributed by atoms with Crippen LogP contribution in [0.3, 0.4) is 0 Å². The van der Waals surface area contributed by atoms with Crippen LogP contribution in [0.15, 0.2) is 77.9 Å². The Labute approximate surface area is 193 Å². The van der Waals surface area contributed by atoms with Gasteiger partial charge in [-0.1, -0.05) is 78.2 Å². The molecule has 0 saturated heterocycles. The lowest BCUT2D eigenvalue weighted by Crippen LogP contribution is -2.26. The minimum Gasteiger partial charge on any atom is -0.490 e. The molecule has 162 valence electrons. The summed E-state index contributed by atoms with van der Waals surface area (Å²) in [5.74, 6) is 2.49. The number of nitrogens with one attached hydrogen (secondary N) is 1. The number of carbonyl (C=O) groups is 1. The number of carbonyl (C=O) groups excluding carboxylic acids is 1. The van der Waals surface area contributed by atoms with Crippen molar-refractivity contribution in [2.45, 2.75) is 12.8 Å². The third-order valence-electron chi connectivity index (χ3n) is 4.55. The highest BCUT2D eigenvalue weighted by Crippen LogP contribution is 2.36. The Bertz CT molecular complexity index is 1070. The van der Waals surface area contributed by atoms with Crippen LogP contribution < -0.4 is 14.9 Å². The summed E-state index contributed by atoms with van der Waals surface area (Å²) in [6, 6.07) is 22.5. The lowest BCUT2D eigenvalue weighted by molar-refractivity contribution is -0.121. The molecule has 0 fully saturated rings. The second kappa shape index (κ2) is 11.6. The number of nitrogens with zero attached hydrogens (tertiary/aromatic N) is 1. The first-order valence-corrected chi connectivity index (χ1v) is 10.5. The van der Waals surface area contributed by atoms with Gasteiger partial charge in [-0.2, -0.15) is 5.10 Å². The molecule has 0 aliphatic carbocycles. The highest BCUT2D eigenvalue weighted by atomic mass is 35.5. The molecule has 32 heavy (non-hydrogen) atoms. The summed E-state index contributed by atoms with van der Waals surface area (Å²) in [5.41, 5.74) is 5.03. The van der Waals surface area contributed by atoms with E-state index in [4.69, 9.17) is 27.5 Å². The Balaban J connectivity index is 1.80. The van der Waals surface area contributed by atoms with Crippen molar-refractivity contribution in [3.05, 3.63) is 94.5 Å². The van der Waals surface area contributed by atoms with Crippen molar-refractivity contribution >= 4 is 23.7 Å². The van der Waals surface area contributed by atoms with Gasteiger partial charge >= 0.3 is 0 Å². The van der Waals surface area contributed by atoms with Crippen LogP contribution in [0.1, 0.15) is 29.5 Å². The van der Waals surface area contributed by atoms with E-state index in [1.54, 1.807) is 12.1 Å². The summed E-state index contributed by atoms with van der Waals surface area (Å²) in [6.07, 6.45) is 6.77. The zero-order valence-corrected chi connectivity index (χ0v) is 18.4. The highest BCUT2D eigenvalue weighted by Gasteiger charge is 2.22. The van der Waals surface area contributed by atoms with E-state index in [0.717, 1.165) is 11.1 Å². The van der Waals surface area contributed by atoms with Crippen LogP contribution in [-0.2, 0) is 4.79 Å². The van der Waals surface area contributed by atoms with Crippen LogP contribution >= 0.6 is 11.6 Å². The normalized spacial score (nSPS) is 10.7. The SMILES string of the molecule is C#CCOc1c(Cl)cc(/C=N\NC(=O)C(c2ccccc2)c2ccccc2)cc1OCC. The highest BCUT2D eigenvalue weighted by molar-refractivity contribution is 6.32. The molecule has 0 saturated carbocycles. The van der Waals surface area contributed by atoms with Crippen molar-refractivity contribution in [2.75, 3.05) is 13.2 Å². The van der Waals surface area contributed by atoms with E-state index >= 15 is 0 Å². The van der Waals surface area contributed by atoms with Gasteiger partial charge in [0.2, 0.25) is 0 Å². The molecular formula is C26H23ClN2O3. The molecule has 0 radical (unpaired) electrons. The molecule has 0 heterocycles. The summed E-state index contributed by atoms with van der Waals surface area (Å²) in [5, 5.41) is 4.47. The van der Waals surface area contributed by atoms with Crippen molar-refractivity contribution in [3.63, 3.8) is 0 Å². The second-order valence-electron chi connectivity index (χ2n) is 6.74. The molecule has 0 aliphatic heterocycles. The van der Waals surface area contributed by atoms with Gasteiger partial charge in [0, 0.05) is 0 Å². The van der Waals surface area contributed by atoms with Crippen LogP contribution in [0.5, 0.6) is 11.5 Å². The average Bonchev–Trinajstić information content (AvgIpc) is 2.80. The van der Waals surface area contributed by atoms with Gasteiger partial charge in [-0.3, -0.25) is 4.79 Å². The molecule has 0 aromatic heterocycles. The topological polar surface area (TPSA) is 59.9 Å². The number of amides is 1. The lowest BCUT2D eigenvalue weighted by atomic mass is 9.91. The van der Waals surface area contributed by atoms with E-state index in [2.05, 4.69) is 16.4 Å². The number of ether oxygens (including phenoxy) is 2. The van der Waals surface area contributed by atoms with Gasteiger partial charge in [0.05, 0.1) is 23.8 Å². The molecule has 3 rings (SSSR count). The largest absolute Gasteiger partial charge is 0.490 e. The Morgan fingerprint density at radius 3 is 2.28 bits per heavy atom. The summed E-state index contributed by atoms with van der Waals surface area (Å²) < 4.78 is 11.1. The molecule has 3 aromatic rings. The fraction of sp³-hybridized carbons (Fsp3) is 0.154. The van der Waals surface area contributed by atoms with Crippen molar-refractivity contribution in [3.8, 4) is 23.8 Å². The van der Waals surface area contributed by atoms with E-state index in [9.17, 15) is 4.79 Å². The minimum absolute atomic E-state index is 0.0731. The molecule has 0 bridgehead atoms. The van der Waals surface area contributed by atoms with E-state index in [1.807, 2.05) is 67.6 Å². The van der Waals surface area contributed by atoms with E-state index < -0.39 is 5.92 Å². The van der Waals surface area contributed by atoms with Gasteiger partial charge in [0.1, 0.15) is 6.61 Å². The smallest absolute Gasteiger partial charge is 0.252 e. The van der Waals surface area contributed by atoms with Gasteiger partial charge in [0.25, 0.3) is 5.91 Å². The fourth-order valence-electron chi connectivity index (χ4n) is 3.20. The summed E-state index contributed by atoms with van der Waals surface area (Å²) in [6.45, 7) is 2.35. The molecule has 0 unspecified atom stereocenters. The van der Waals surface area contributed by atoms with Crippen LogP contribution in [0.2, 0.25) is 5.02 Å². The quantitative estimate of drug-likeness (QED) is 0.285. The fourth-order valence-corrected chi connectivity index (χ4v) is 3.47. The van der Waals surface area contributed by atoms with Gasteiger partial charge in [-0.25, -0.2) is 5.43 Å². The average molecular weight is 447 g/mol. The first kappa shape index (κ1) is 22.9. The maximum absolute atomic E-state index is 13.0. The minimum atomic E-state index is -0.489. The number of rotatable bonds is 9. The molecule has 0 spiro atoms. The monoisotopic (exact) mass is 446 g/mol. The van der Waals surface area contributed by atoms with Crippen molar-refractivity contribution in [1.29, 1.82) is 0 Å². The van der Waals surface area contributed by atoms with Gasteiger partial charge in [-0.15, -0.1) is 6.42 Å². The third-order valence-corrected chi connectivity index (χ3v) is 4.83. The number of hydrazone groups is 1. The number of terminal acetylenes is 1. The number of hydrogen-bond donors (Lipinski definition) is 1. The van der Waals surface area contributed by atoms with E-state index in [1.165, 1.54) is 6.21 Å². The van der Waals surface area contributed by atoms with Crippen LogP contribution in [0.25, 0.3) is 0 Å². The maximum Gasteiger partial charge on any atom is 0.252 e. The Morgan fingerprint density at radius 1 is 1.09 bits per heavy atom. The molecular weight excluding hydrogens is 424 g/mol. The van der Waals surface area contributed by atoms with Gasteiger partial charge in [0.15, 0.2) is 11.5 Å². The van der Waals surface area contributed by atoms with Gasteiger partial charge < -0.3 is 9.47 Å². The molecule has 6 heteroatoms. The molecule has 1 amide bonds. The second-order valence-corrected chi connectivity index (χ2v) is 7.15. The molecule has 0 atom stereocenters. The maximum atomic E-state index is 13.0. The number of halogens is 1. The van der Waals surface area contributed by atoms with Gasteiger partial charge in [-0.05, 0) is 35.7 Å². The summed E-state index contributed by atoms with van der Waals surface area (Å²) in [4.78, 5) is 13.0. The Kier molecular flexibility index (Phi) is 8.30. The van der Waals surface area contributed by atoms with Crippen molar-refractivity contribution in [1.82, 2.24) is 5.43 Å². The van der Waals surface area contributed by atoms with Crippen molar-refractivity contribution < 1.29 is 14.3 Å². The van der Waals surface area contributed by atoms with Crippen LogP contribution in [0, 0.1) is 12.3 Å². The van der Waals surface area contributed by atoms with Crippen molar-refractivity contribution in [2.24, 2.45) is 5.10 Å². The molecule has 0 aliphatic rings. The third kappa shape index (κ3) is 5.90. The first-order valence-electron chi connectivity index (χ1n) is 10.1. The zero-order valence-electron chi connectivity index (χ0n) is 17.6. The lowest BCUT2D eigenvalue weighted by Gasteiger charge is -2.16. The van der Waals surface area contributed by atoms with E-state index in [-0.39, 0.29) is 12.5 Å². The number of hydrogen-bond acceptors (Lipinski definition) is 4. The van der Waals surface area contributed by atoms with Crippen LogP contribution in [-0.4, -0.2) is 25.3 Å². The Morgan fingerprint density at radius 2 is 1.72 bits per heavy atom. The molecule has 3 aromatic carbocycles. The predicted octanol–water partition coefficient (Wildman–Crippen LogP) is 5.03. The van der Waals surface area contributed by atoms with Crippen LogP contribution in [0.4, 0.5) is 0 Å². The first-order chi connectivity index (χ1) is 15.6. The Hall–Kier alpha value is -3.75. The van der Waals surface area contributed by atoms with E-state index in [0.29, 0.717) is 28.7 Å². The predicted molar refractivity (Wildman–Crippen MR) is 127 cm³/mol. The zero-order chi connectivity index (χ0) is 22.8. The molecule has 5 nitrogen and oxygen atoms in total. The molecule has 1 N–H and O–H groups in total. The summed E-state index contributed by atoms with van der Waals surface area (Å²) in [7, 11) is 0. The number of benzene rings is 3.